The monoisotopic (exact) mass is 466 g/mol. The van der Waals surface area contributed by atoms with E-state index in [1.54, 1.807) is 41.0 Å². The van der Waals surface area contributed by atoms with Gasteiger partial charge in [0, 0.05) is 42.6 Å². The van der Waals surface area contributed by atoms with Gasteiger partial charge in [0.05, 0.1) is 12.8 Å². The van der Waals surface area contributed by atoms with Crippen LogP contribution in [0.1, 0.15) is 47.2 Å². The number of nitrogens with zero attached hydrogens (tertiary/aromatic N) is 6. The van der Waals surface area contributed by atoms with Gasteiger partial charge in [0.25, 0.3) is 0 Å². The standard InChI is InChI=1S/C24H21F3N6O/c1-14-12-32(13-29-14)24-20(34-2)8-15(11-28-24)5-6-21-30-23-17(4-3-7-33(23)31-21)22-18(26)9-16(25)10-19(22)27/h5-6,8-13,17H,3-4,7H2,1-2H3/b6-5+/t17-/m0/s1. The number of imidazole rings is 1. The van der Waals surface area contributed by atoms with Gasteiger partial charge < -0.3 is 4.74 Å². The van der Waals surface area contributed by atoms with Crippen molar-refractivity contribution in [3.05, 3.63) is 82.8 Å². The lowest BCUT2D eigenvalue weighted by Crippen LogP contribution is -2.20. The van der Waals surface area contributed by atoms with Crippen LogP contribution in [0.2, 0.25) is 0 Å². The number of hydrogen-bond donors (Lipinski definition) is 0. The molecule has 0 radical (unpaired) electrons. The molecule has 3 aromatic heterocycles. The predicted molar refractivity (Wildman–Crippen MR) is 119 cm³/mol. The van der Waals surface area contributed by atoms with Crippen LogP contribution in [-0.4, -0.2) is 36.4 Å². The van der Waals surface area contributed by atoms with Crippen molar-refractivity contribution in [1.82, 2.24) is 29.3 Å². The summed E-state index contributed by atoms with van der Waals surface area (Å²) in [6.45, 7) is 2.48. The van der Waals surface area contributed by atoms with Gasteiger partial charge in [-0.05, 0) is 43.5 Å². The van der Waals surface area contributed by atoms with Gasteiger partial charge in [-0.25, -0.2) is 32.8 Å². The van der Waals surface area contributed by atoms with Crippen LogP contribution in [-0.2, 0) is 6.54 Å². The highest BCUT2D eigenvalue weighted by Gasteiger charge is 2.30. The van der Waals surface area contributed by atoms with E-state index < -0.39 is 23.4 Å². The molecule has 0 aliphatic carbocycles. The maximum atomic E-state index is 14.4. The molecule has 0 spiro atoms. The zero-order chi connectivity index (χ0) is 23.8. The molecule has 174 valence electrons. The highest BCUT2D eigenvalue weighted by Crippen LogP contribution is 2.35. The van der Waals surface area contributed by atoms with Crippen molar-refractivity contribution in [2.24, 2.45) is 0 Å². The molecular weight excluding hydrogens is 445 g/mol. The second-order valence-corrected chi connectivity index (χ2v) is 8.08. The van der Waals surface area contributed by atoms with E-state index in [9.17, 15) is 13.2 Å². The van der Waals surface area contributed by atoms with Crippen molar-refractivity contribution < 1.29 is 17.9 Å². The van der Waals surface area contributed by atoms with Crippen LogP contribution in [0.3, 0.4) is 0 Å². The Morgan fingerprint density at radius 2 is 1.88 bits per heavy atom. The van der Waals surface area contributed by atoms with Crippen LogP contribution in [0.25, 0.3) is 18.0 Å². The Labute approximate surface area is 193 Å². The van der Waals surface area contributed by atoms with Crippen LogP contribution in [0.5, 0.6) is 5.75 Å². The summed E-state index contributed by atoms with van der Waals surface area (Å²) in [5.41, 5.74) is 1.45. The summed E-state index contributed by atoms with van der Waals surface area (Å²) in [6.07, 6.45) is 9.87. The smallest absolute Gasteiger partial charge is 0.180 e. The molecule has 1 aromatic carbocycles. The molecule has 1 atom stereocenters. The summed E-state index contributed by atoms with van der Waals surface area (Å²) in [6, 6.07) is 3.23. The second-order valence-electron chi connectivity index (χ2n) is 8.08. The zero-order valence-corrected chi connectivity index (χ0v) is 18.5. The summed E-state index contributed by atoms with van der Waals surface area (Å²) in [5, 5.41) is 4.46. The molecular formula is C24H21F3N6O. The van der Waals surface area contributed by atoms with Crippen molar-refractivity contribution in [2.75, 3.05) is 7.11 Å². The van der Waals surface area contributed by atoms with Crippen LogP contribution in [0.4, 0.5) is 13.2 Å². The summed E-state index contributed by atoms with van der Waals surface area (Å²) in [5.74, 6) is -1.37. The molecule has 0 saturated carbocycles. The molecule has 1 aliphatic rings. The minimum Gasteiger partial charge on any atom is -0.493 e. The summed E-state index contributed by atoms with van der Waals surface area (Å²) < 4.78 is 51.1. The zero-order valence-electron chi connectivity index (χ0n) is 18.5. The van der Waals surface area contributed by atoms with E-state index in [2.05, 4.69) is 20.1 Å². The van der Waals surface area contributed by atoms with E-state index in [0.717, 1.165) is 11.3 Å². The van der Waals surface area contributed by atoms with Crippen LogP contribution in [0, 0.1) is 24.4 Å². The fourth-order valence-electron chi connectivity index (χ4n) is 4.19. The van der Waals surface area contributed by atoms with Crippen LogP contribution >= 0.6 is 0 Å². The molecule has 0 amide bonds. The van der Waals surface area contributed by atoms with Crippen molar-refractivity contribution in [2.45, 2.75) is 32.2 Å². The highest BCUT2D eigenvalue weighted by atomic mass is 19.1. The molecule has 34 heavy (non-hydrogen) atoms. The van der Waals surface area contributed by atoms with Gasteiger partial charge in [0.2, 0.25) is 0 Å². The normalized spacial score (nSPS) is 15.6. The molecule has 5 rings (SSSR count). The van der Waals surface area contributed by atoms with E-state index in [-0.39, 0.29) is 5.56 Å². The largest absolute Gasteiger partial charge is 0.493 e. The van der Waals surface area contributed by atoms with E-state index in [4.69, 9.17) is 4.74 Å². The second kappa shape index (κ2) is 8.77. The SMILES string of the molecule is COc1cc(/C=C/c2nc3n(n2)CCC[C@H]3c2c(F)cc(F)cc2F)cnc1-n1cnc(C)c1. The summed E-state index contributed by atoms with van der Waals surface area (Å²) in [4.78, 5) is 13.2. The number of halogens is 3. The van der Waals surface area contributed by atoms with E-state index in [0.29, 0.717) is 54.7 Å². The fraction of sp³-hybridized carbons (Fsp3) is 0.250. The predicted octanol–water partition coefficient (Wildman–Crippen LogP) is 4.69. The molecule has 0 unspecified atom stereocenters. The van der Waals surface area contributed by atoms with Crippen molar-refractivity contribution in [3.8, 4) is 11.6 Å². The first-order chi connectivity index (χ1) is 16.4. The Morgan fingerprint density at radius 1 is 1.09 bits per heavy atom. The van der Waals surface area contributed by atoms with E-state index in [1.807, 2.05) is 19.2 Å². The molecule has 10 heteroatoms. The first kappa shape index (κ1) is 21.9. The van der Waals surface area contributed by atoms with Crippen LogP contribution < -0.4 is 4.74 Å². The van der Waals surface area contributed by atoms with Crippen LogP contribution in [0.15, 0.2) is 36.9 Å². The van der Waals surface area contributed by atoms with E-state index in [1.165, 1.54) is 0 Å². The Morgan fingerprint density at radius 3 is 2.59 bits per heavy atom. The van der Waals surface area contributed by atoms with Gasteiger partial charge in [-0.15, -0.1) is 0 Å². The molecule has 0 fully saturated rings. The Hall–Kier alpha value is -3.95. The number of aromatic nitrogens is 6. The minimum absolute atomic E-state index is 0.176. The van der Waals surface area contributed by atoms with Crippen molar-refractivity contribution in [1.29, 1.82) is 0 Å². The number of ether oxygens (including phenoxy) is 1. The van der Waals surface area contributed by atoms with Gasteiger partial charge in [-0.2, -0.15) is 5.10 Å². The summed E-state index contributed by atoms with van der Waals surface area (Å²) in [7, 11) is 1.57. The average molecular weight is 466 g/mol. The fourth-order valence-corrected chi connectivity index (χ4v) is 4.19. The Balaban J connectivity index is 1.43. The van der Waals surface area contributed by atoms with Crippen molar-refractivity contribution >= 4 is 12.2 Å². The van der Waals surface area contributed by atoms with Gasteiger partial charge in [0.1, 0.15) is 29.6 Å². The molecule has 0 N–H and O–H groups in total. The van der Waals surface area contributed by atoms with Crippen molar-refractivity contribution in [3.63, 3.8) is 0 Å². The first-order valence-corrected chi connectivity index (χ1v) is 10.7. The molecule has 4 aromatic rings. The first-order valence-electron chi connectivity index (χ1n) is 10.7. The maximum absolute atomic E-state index is 14.4. The number of fused-ring (bicyclic) bond motifs is 1. The quantitative estimate of drug-likeness (QED) is 0.427. The lowest BCUT2D eigenvalue weighted by molar-refractivity contribution is 0.410. The topological polar surface area (TPSA) is 70.7 Å². The molecule has 7 nitrogen and oxygen atoms in total. The third kappa shape index (κ3) is 4.07. The van der Waals surface area contributed by atoms with Gasteiger partial charge in [0.15, 0.2) is 17.4 Å². The van der Waals surface area contributed by atoms with Gasteiger partial charge in [-0.1, -0.05) is 0 Å². The molecule has 0 bridgehead atoms. The third-order valence-electron chi connectivity index (χ3n) is 5.74. The van der Waals surface area contributed by atoms with E-state index >= 15 is 0 Å². The number of methoxy groups -OCH3 is 1. The lowest BCUT2D eigenvalue weighted by atomic mass is 9.90. The molecule has 1 aliphatic heterocycles. The number of hydrogen-bond acceptors (Lipinski definition) is 5. The maximum Gasteiger partial charge on any atom is 0.180 e. The number of pyridine rings is 1. The lowest BCUT2D eigenvalue weighted by Gasteiger charge is -2.23. The number of benzene rings is 1. The minimum atomic E-state index is -0.946. The summed E-state index contributed by atoms with van der Waals surface area (Å²) >= 11 is 0. The number of aryl methyl sites for hydroxylation is 2. The highest BCUT2D eigenvalue weighted by molar-refractivity contribution is 5.67. The molecule has 4 heterocycles. The van der Waals surface area contributed by atoms with Gasteiger partial charge in [-0.3, -0.25) is 4.57 Å². The number of rotatable bonds is 5. The van der Waals surface area contributed by atoms with Gasteiger partial charge >= 0.3 is 0 Å². The Bertz CT molecular complexity index is 1370. The molecule has 0 saturated heterocycles. The third-order valence-corrected chi connectivity index (χ3v) is 5.74. The Kier molecular flexibility index (Phi) is 5.64. The average Bonchev–Trinajstić information content (AvgIpc) is 3.43.